The maximum absolute atomic E-state index is 12.4. The zero-order valence-electron chi connectivity index (χ0n) is 16.8. The third kappa shape index (κ3) is 3.83. The second-order valence-corrected chi connectivity index (χ2v) is 10.3. The molecule has 0 aliphatic heterocycles. The molecular formula is C23H20O6S2. The van der Waals surface area contributed by atoms with E-state index in [-0.39, 0.29) is 27.3 Å². The molecule has 0 saturated carbocycles. The first-order valence-corrected chi connectivity index (χ1v) is 12.3. The lowest BCUT2D eigenvalue weighted by Crippen LogP contribution is -2.11. The molecule has 0 spiro atoms. The Balaban J connectivity index is 2.11. The minimum atomic E-state index is -4.62. The summed E-state index contributed by atoms with van der Waals surface area (Å²) in [6, 6.07) is 17.1. The Morgan fingerprint density at radius 3 is 1.35 bits per heavy atom. The molecule has 0 radical (unpaired) electrons. The van der Waals surface area contributed by atoms with Gasteiger partial charge >= 0.3 is 0 Å². The molecule has 2 N–H and O–H groups in total. The molecule has 0 aromatic heterocycles. The molecule has 0 amide bonds. The van der Waals surface area contributed by atoms with Crippen molar-refractivity contribution in [2.75, 3.05) is 0 Å². The standard InChI is InChI=1S/C23H20O6S2/c1-14-11-16-7-3-5-9-18(16)22(30(24,25)26)20(14)13-21-15(2)12-17-8-4-6-10-19(17)23(21)31(27,28)29/h3-12H,13H2,1-2H3,(H,24,25,26)(H,27,28,29). The number of aryl methyl sites for hydroxylation is 2. The van der Waals surface area contributed by atoms with E-state index in [1.54, 1.807) is 74.5 Å². The minimum Gasteiger partial charge on any atom is -0.282 e. The van der Waals surface area contributed by atoms with Gasteiger partial charge in [0.05, 0.1) is 0 Å². The first-order chi connectivity index (χ1) is 14.5. The number of rotatable bonds is 4. The van der Waals surface area contributed by atoms with Crippen molar-refractivity contribution < 1.29 is 25.9 Å². The number of hydrogen-bond donors (Lipinski definition) is 2. The van der Waals surface area contributed by atoms with Crippen molar-refractivity contribution in [3.63, 3.8) is 0 Å². The Hall–Kier alpha value is -2.78. The summed E-state index contributed by atoms with van der Waals surface area (Å²) in [5, 5.41) is 1.97. The van der Waals surface area contributed by atoms with Gasteiger partial charge < -0.3 is 0 Å². The van der Waals surface area contributed by atoms with Gasteiger partial charge in [0.1, 0.15) is 9.79 Å². The number of benzene rings is 4. The smallest absolute Gasteiger partial charge is 0.282 e. The van der Waals surface area contributed by atoms with Crippen molar-refractivity contribution in [2.45, 2.75) is 30.1 Å². The molecule has 0 aliphatic carbocycles. The molecule has 0 atom stereocenters. The van der Waals surface area contributed by atoms with Crippen LogP contribution in [0.25, 0.3) is 21.5 Å². The fourth-order valence-electron chi connectivity index (χ4n) is 4.19. The molecule has 0 fully saturated rings. The summed E-state index contributed by atoms with van der Waals surface area (Å²) >= 11 is 0. The SMILES string of the molecule is Cc1cc2ccccc2c(S(=O)(=O)O)c1Cc1c(C)cc2ccccc2c1S(=O)(=O)O. The van der Waals surface area contributed by atoms with Crippen molar-refractivity contribution in [3.8, 4) is 0 Å². The Morgan fingerprint density at radius 1 is 0.645 bits per heavy atom. The van der Waals surface area contributed by atoms with Crippen LogP contribution < -0.4 is 0 Å². The minimum absolute atomic E-state index is 0.0996. The van der Waals surface area contributed by atoms with Gasteiger partial charge in [-0.2, -0.15) is 16.8 Å². The predicted octanol–water partition coefficient (Wildman–Crippen LogP) is 4.69. The molecule has 31 heavy (non-hydrogen) atoms. The quantitative estimate of drug-likeness (QED) is 0.431. The van der Waals surface area contributed by atoms with Crippen LogP contribution in [0, 0.1) is 13.8 Å². The molecule has 4 rings (SSSR count). The Morgan fingerprint density at radius 2 is 1.00 bits per heavy atom. The van der Waals surface area contributed by atoms with Gasteiger partial charge in [-0.25, -0.2) is 0 Å². The molecule has 8 heteroatoms. The van der Waals surface area contributed by atoms with E-state index in [0.29, 0.717) is 32.7 Å². The highest BCUT2D eigenvalue weighted by molar-refractivity contribution is 7.86. The molecule has 160 valence electrons. The van der Waals surface area contributed by atoms with E-state index in [2.05, 4.69) is 0 Å². The van der Waals surface area contributed by atoms with Crippen LogP contribution in [-0.2, 0) is 26.7 Å². The van der Waals surface area contributed by atoms with Crippen LogP contribution in [-0.4, -0.2) is 25.9 Å². The molecule has 0 heterocycles. The summed E-state index contributed by atoms with van der Waals surface area (Å²) in [5.74, 6) is 0. The highest BCUT2D eigenvalue weighted by Crippen LogP contribution is 2.36. The number of fused-ring (bicyclic) bond motifs is 2. The van der Waals surface area contributed by atoms with Gasteiger partial charge in [-0.15, -0.1) is 0 Å². The van der Waals surface area contributed by atoms with Crippen LogP contribution in [0.15, 0.2) is 70.5 Å². The van der Waals surface area contributed by atoms with Crippen LogP contribution >= 0.6 is 0 Å². The maximum Gasteiger partial charge on any atom is 0.295 e. The van der Waals surface area contributed by atoms with Gasteiger partial charge in [-0.05, 0) is 46.9 Å². The summed E-state index contributed by atoms with van der Waals surface area (Å²) < 4.78 is 69.6. The molecule has 0 aliphatic rings. The van der Waals surface area contributed by atoms with E-state index in [4.69, 9.17) is 0 Å². The summed E-state index contributed by atoms with van der Waals surface area (Å²) in [4.78, 5) is -0.506. The molecule has 0 bridgehead atoms. The number of hydrogen-bond acceptors (Lipinski definition) is 4. The maximum atomic E-state index is 12.4. The van der Waals surface area contributed by atoms with Crippen LogP contribution in [0.3, 0.4) is 0 Å². The third-order valence-electron chi connectivity index (χ3n) is 5.52. The summed E-state index contributed by atoms with van der Waals surface area (Å²) in [6.07, 6.45) is -0.0996. The van der Waals surface area contributed by atoms with Gasteiger partial charge in [0.15, 0.2) is 0 Å². The van der Waals surface area contributed by atoms with E-state index in [9.17, 15) is 25.9 Å². The first kappa shape index (κ1) is 21.5. The van der Waals surface area contributed by atoms with Crippen molar-refractivity contribution in [1.82, 2.24) is 0 Å². The van der Waals surface area contributed by atoms with Gasteiger partial charge in [-0.3, -0.25) is 9.11 Å². The average Bonchev–Trinajstić information content (AvgIpc) is 2.66. The lowest BCUT2D eigenvalue weighted by Gasteiger charge is -2.18. The van der Waals surface area contributed by atoms with Crippen molar-refractivity contribution in [1.29, 1.82) is 0 Å². The lowest BCUT2D eigenvalue weighted by molar-refractivity contribution is 0.482. The molecular weight excluding hydrogens is 436 g/mol. The van der Waals surface area contributed by atoms with Gasteiger partial charge in [-0.1, -0.05) is 60.7 Å². The van der Waals surface area contributed by atoms with E-state index >= 15 is 0 Å². The van der Waals surface area contributed by atoms with Gasteiger partial charge in [0.25, 0.3) is 20.2 Å². The van der Waals surface area contributed by atoms with Crippen LogP contribution in [0.1, 0.15) is 22.3 Å². The van der Waals surface area contributed by atoms with Crippen molar-refractivity contribution >= 4 is 41.8 Å². The molecule has 4 aromatic carbocycles. The summed E-state index contributed by atoms with van der Waals surface area (Å²) in [7, 11) is -9.24. The van der Waals surface area contributed by atoms with E-state index in [0.717, 1.165) is 0 Å². The molecule has 0 saturated heterocycles. The van der Waals surface area contributed by atoms with E-state index < -0.39 is 20.2 Å². The second-order valence-electron chi connectivity index (χ2n) is 7.57. The molecule has 0 unspecified atom stereocenters. The van der Waals surface area contributed by atoms with Crippen molar-refractivity contribution in [3.05, 3.63) is 82.9 Å². The molecule has 6 nitrogen and oxygen atoms in total. The highest BCUT2D eigenvalue weighted by atomic mass is 32.2. The van der Waals surface area contributed by atoms with Crippen LogP contribution in [0.5, 0.6) is 0 Å². The Kier molecular flexibility index (Phi) is 5.13. The summed E-state index contributed by atoms with van der Waals surface area (Å²) in [6.45, 7) is 3.42. The monoisotopic (exact) mass is 456 g/mol. The van der Waals surface area contributed by atoms with Crippen molar-refractivity contribution in [2.24, 2.45) is 0 Å². The third-order valence-corrected chi connectivity index (χ3v) is 7.49. The zero-order valence-corrected chi connectivity index (χ0v) is 18.5. The second kappa shape index (κ2) is 7.42. The van der Waals surface area contributed by atoms with Crippen LogP contribution in [0.2, 0.25) is 0 Å². The first-order valence-electron chi connectivity index (χ1n) is 9.46. The Labute approximate surface area is 180 Å². The van der Waals surface area contributed by atoms with Gasteiger partial charge in [0, 0.05) is 17.2 Å². The molecule has 4 aromatic rings. The average molecular weight is 457 g/mol. The Bertz CT molecular complexity index is 1450. The lowest BCUT2D eigenvalue weighted by atomic mass is 9.92. The van der Waals surface area contributed by atoms with E-state index in [1.807, 2.05) is 0 Å². The highest BCUT2D eigenvalue weighted by Gasteiger charge is 2.26. The predicted molar refractivity (Wildman–Crippen MR) is 120 cm³/mol. The van der Waals surface area contributed by atoms with E-state index in [1.165, 1.54) is 0 Å². The summed E-state index contributed by atoms with van der Waals surface area (Å²) in [5.41, 5.74) is 1.73. The normalized spacial score (nSPS) is 12.5. The fourth-order valence-corrected chi connectivity index (χ4v) is 6.21. The van der Waals surface area contributed by atoms with Crippen LogP contribution in [0.4, 0.5) is 0 Å². The topological polar surface area (TPSA) is 109 Å². The largest absolute Gasteiger partial charge is 0.295 e. The fraction of sp³-hybridized carbons (Fsp3) is 0.130. The zero-order chi connectivity index (χ0) is 22.6. The van der Waals surface area contributed by atoms with Gasteiger partial charge in [0.2, 0.25) is 0 Å².